The quantitative estimate of drug-likeness (QED) is 0.539. The molecule has 0 radical (unpaired) electrons. The average Bonchev–Trinajstić information content (AvgIpc) is 2.47. The normalized spacial score (nSPS) is 28.9. The lowest BCUT2D eigenvalue weighted by Crippen LogP contribution is -2.43. The molecule has 0 amide bonds. The molecule has 0 bridgehead atoms. The van der Waals surface area contributed by atoms with Crippen LogP contribution in [0.4, 0.5) is 0 Å². The molecule has 0 unspecified atom stereocenters. The van der Waals surface area contributed by atoms with Crippen LogP contribution in [-0.4, -0.2) is 53.4 Å². The van der Waals surface area contributed by atoms with Crippen molar-refractivity contribution >= 4 is 22.9 Å². The lowest BCUT2D eigenvalue weighted by Gasteiger charge is -2.35. The van der Waals surface area contributed by atoms with Crippen LogP contribution in [0.15, 0.2) is 0 Å². The monoisotopic (exact) mass is 310 g/mol. The molecule has 4 heteroatoms. The highest BCUT2D eigenvalue weighted by Crippen LogP contribution is 2.19. The number of halogens is 1. The Morgan fingerprint density at radius 2 is 1.79 bits per heavy atom. The third-order valence-electron chi connectivity index (χ3n) is 3.18. The van der Waals surface area contributed by atoms with Crippen LogP contribution < -0.4 is 0 Å². The molecule has 0 atom stereocenters. The number of nitrogens with zero attached hydrogens (tertiary/aromatic N) is 2. The third-order valence-corrected chi connectivity index (χ3v) is 4.15. The van der Waals surface area contributed by atoms with Crippen LogP contribution in [0.25, 0.3) is 0 Å². The van der Waals surface area contributed by atoms with Gasteiger partial charge in [-0.2, -0.15) is 0 Å². The van der Waals surface area contributed by atoms with Crippen molar-refractivity contribution in [2.75, 3.05) is 39.4 Å². The molecule has 0 spiro atoms. The number of hydrogen-bond donors (Lipinski definition) is 0. The lowest BCUT2D eigenvalue weighted by molar-refractivity contribution is 0.118. The summed E-state index contributed by atoms with van der Waals surface area (Å²) in [5, 5.41) is 0. The largest absolute Gasteiger partial charge is 0.380 e. The van der Waals surface area contributed by atoms with E-state index in [1.165, 1.54) is 38.9 Å². The van der Waals surface area contributed by atoms with Gasteiger partial charge in [-0.1, -0.05) is 0 Å². The maximum atomic E-state index is 5.48. The van der Waals surface area contributed by atoms with Gasteiger partial charge in [0.25, 0.3) is 0 Å². The first-order valence-electron chi connectivity index (χ1n) is 5.59. The van der Waals surface area contributed by atoms with Crippen molar-refractivity contribution in [3.63, 3.8) is 0 Å². The highest BCUT2D eigenvalue weighted by Gasteiger charge is 2.23. The van der Waals surface area contributed by atoms with Gasteiger partial charge in [-0.05, 0) is 19.3 Å². The van der Waals surface area contributed by atoms with Crippen LogP contribution in [0.5, 0.6) is 0 Å². The SMILES string of the molecule is IN1CCC(N2CCCOCC2)CC1. The fourth-order valence-corrected chi connectivity index (χ4v) is 2.89. The highest BCUT2D eigenvalue weighted by atomic mass is 127. The minimum absolute atomic E-state index is 0.822. The Kier molecular flexibility index (Phi) is 4.46. The van der Waals surface area contributed by atoms with Crippen LogP contribution in [0.1, 0.15) is 19.3 Å². The summed E-state index contributed by atoms with van der Waals surface area (Å²) in [6.45, 7) is 6.79. The molecule has 2 heterocycles. The van der Waals surface area contributed by atoms with Gasteiger partial charge in [-0.15, -0.1) is 0 Å². The minimum atomic E-state index is 0.822. The third kappa shape index (κ3) is 3.05. The van der Waals surface area contributed by atoms with Crippen molar-refractivity contribution in [3.05, 3.63) is 0 Å². The maximum Gasteiger partial charge on any atom is 0.0593 e. The second-order valence-corrected chi connectivity index (χ2v) is 5.51. The molecular weight excluding hydrogens is 291 g/mol. The van der Waals surface area contributed by atoms with Gasteiger partial charge < -0.3 is 4.74 Å². The summed E-state index contributed by atoms with van der Waals surface area (Å²) in [7, 11) is 0. The van der Waals surface area contributed by atoms with Crippen LogP contribution in [0, 0.1) is 0 Å². The van der Waals surface area contributed by atoms with E-state index in [1.54, 1.807) is 0 Å². The van der Waals surface area contributed by atoms with Crippen molar-refractivity contribution in [3.8, 4) is 0 Å². The Morgan fingerprint density at radius 3 is 2.57 bits per heavy atom. The summed E-state index contributed by atoms with van der Waals surface area (Å²) in [4.78, 5) is 2.64. The predicted molar refractivity (Wildman–Crippen MR) is 65.6 cm³/mol. The topological polar surface area (TPSA) is 15.7 Å². The van der Waals surface area contributed by atoms with E-state index < -0.39 is 0 Å². The standard InChI is InChI=1S/C10H19IN2O/c11-13-5-2-10(3-6-13)12-4-1-8-14-9-7-12/h10H,1-9H2. The Hall–Kier alpha value is 0.610. The van der Waals surface area contributed by atoms with Gasteiger partial charge in [0.2, 0.25) is 0 Å². The van der Waals surface area contributed by atoms with E-state index in [9.17, 15) is 0 Å². The molecule has 0 saturated carbocycles. The van der Waals surface area contributed by atoms with E-state index in [4.69, 9.17) is 4.74 Å². The maximum absolute atomic E-state index is 5.48. The number of rotatable bonds is 1. The molecule has 3 nitrogen and oxygen atoms in total. The molecule has 0 aromatic rings. The van der Waals surface area contributed by atoms with E-state index >= 15 is 0 Å². The first-order valence-corrected chi connectivity index (χ1v) is 6.55. The first-order chi connectivity index (χ1) is 6.86. The van der Waals surface area contributed by atoms with Crippen molar-refractivity contribution in [2.45, 2.75) is 25.3 Å². The fourth-order valence-electron chi connectivity index (χ4n) is 2.33. The number of piperidine rings is 1. The summed E-state index contributed by atoms with van der Waals surface area (Å²) in [5.41, 5.74) is 0. The Morgan fingerprint density at radius 1 is 1.00 bits per heavy atom. The van der Waals surface area contributed by atoms with E-state index in [2.05, 4.69) is 30.9 Å². The molecule has 2 fully saturated rings. The number of ether oxygens (including phenoxy) is 1. The van der Waals surface area contributed by atoms with Crippen LogP contribution >= 0.6 is 22.9 Å². The summed E-state index contributed by atoms with van der Waals surface area (Å²) in [5.74, 6) is 0. The van der Waals surface area contributed by atoms with Gasteiger partial charge in [0, 0.05) is 61.7 Å². The molecule has 0 N–H and O–H groups in total. The molecule has 14 heavy (non-hydrogen) atoms. The minimum Gasteiger partial charge on any atom is -0.380 e. The van der Waals surface area contributed by atoms with E-state index in [-0.39, 0.29) is 0 Å². The van der Waals surface area contributed by atoms with Gasteiger partial charge in [-0.3, -0.25) is 4.90 Å². The predicted octanol–water partition coefficient (Wildman–Crippen LogP) is 1.52. The van der Waals surface area contributed by atoms with E-state index in [1.807, 2.05) is 0 Å². The summed E-state index contributed by atoms with van der Waals surface area (Å²) in [6, 6.07) is 0.822. The van der Waals surface area contributed by atoms with Gasteiger partial charge in [0.05, 0.1) is 6.61 Å². The zero-order valence-electron chi connectivity index (χ0n) is 8.62. The average molecular weight is 310 g/mol. The van der Waals surface area contributed by atoms with Gasteiger partial charge in [0.15, 0.2) is 0 Å². The fraction of sp³-hybridized carbons (Fsp3) is 1.00. The second kappa shape index (κ2) is 5.63. The molecular formula is C10H19IN2O. The molecule has 2 aliphatic rings. The van der Waals surface area contributed by atoms with Crippen LogP contribution in [0.3, 0.4) is 0 Å². The van der Waals surface area contributed by atoms with Crippen LogP contribution in [-0.2, 0) is 4.74 Å². The Balaban J connectivity index is 1.81. The highest BCUT2D eigenvalue weighted by molar-refractivity contribution is 14.1. The van der Waals surface area contributed by atoms with Crippen LogP contribution in [0.2, 0.25) is 0 Å². The smallest absolute Gasteiger partial charge is 0.0593 e. The second-order valence-electron chi connectivity index (χ2n) is 4.14. The molecule has 2 aliphatic heterocycles. The molecule has 0 aromatic heterocycles. The van der Waals surface area contributed by atoms with Gasteiger partial charge >= 0.3 is 0 Å². The van der Waals surface area contributed by atoms with Crippen molar-refractivity contribution < 1.29 is 4.74 Å². The molecule has 0 aliphatic carbocycles. The summed E-state index contributed by atoms with van der Waals surface area (Å²) >= 11 is 2.44. The molecule has 0 aromatic carbocycles. The zero-order valence-corrected chi connectivity index (χ0v) is 10.8. The van der Waals surface area contributed by atoms with Crippen molar-refractivity contribution in [1.82, 2.24) is 8.01 Å². The Labute approximate surface area is 100 Å². The van der Waals surface area contributed by atoms with Crippen molar-refractivity contribution in [1.29, 1.82) is 0 Å². The van der Waals surface area contributed by atoms with E-state index in [0.29, 0.717) is 0 Å². The molecule has 82 valence electrons. The molecule has 2 rings (SSSR count). The summed E-state index contributed by atoms with van der Waals surface area (Å²) < 4.78 is 7.89. The zero-order chi connectivity index (χ0) is 9.80. The molecule has 2 saturated heterocycles. The first kappa shape index (κ1) is 11.1. The van der Waals surface area contributed by atoms with Crippen molar-refractivity contribution in [2.24, 2.45) is 0 Å². The van der Waals surface area contributed by atoms with E-state index in [0.717, 1.165) is 25.8 Å². The Bertz CT molecular complexity index is 164. The number of hydrogen-bond acceptors (Lipinski definition) is 3. The van der Waals surface area contributed by atoms with Gasteiger partial charge in [0.1, 0.15) is 0 Å². The lowest BCUT2D eigenvalue weighted by atomic mass is 10.0. The van der Waals surface area contributed by atoms with Gasteiger partial charge in [-0.25, -0.2) is 3.11 Å². The summed E-state index contributed by atoms with van der Waals surface area (Å²) in [6.07, 6.45) is 3.89.